The molecule has 0 fully saturated rings. The molecule has 3 N–H and O–H groups in total. The fourth-order valence-electron chi connectivity index (χ4n) is 1.89. The molecule has 8 nitrogen and oxygen atoms in total. The maximum absolute atomic E-state index is 12.0. The van der Waals surface area contributed by atoms with Gasteiger partial charge < -0.3 is 10.4 Å². The Morgan fingerprint density at radius 3 is 2.32 bits per heavy atom. The number of amides is 1. The summed E-state index contributed by atoms with van der Waals surface area (Å²) in [6.07, 6.45) is 0. The predicted octanol–water partition coefficient (Wildman–Crippen LogP) is -0.455. The van der Waals surface area contributed by atoms with Crippen molar-refractivity contribution in [1.82, 2.24) is 14.5 Å². The van der Waals surface area contributed by atoms with E-state index in [0.717, 1.165) is 9.13 Å². The minimum absolute atomic E-state index is 0.299. The molecule has 2 aromatic rings. The summed E-state index contributed by atoms with van der Waals surface area (Å²) in [4.78, 5) is 35.6. The second-order valence-electron chi connectivity index (χ2n) is 4.60. The number of rotatable bonds is 2. The highest BCUT2D eigenvalue weighted by Gasteiger charge is 2.20. The lowest BCUT2D eigenvalue weighted by Crippen LogP contribution is -2.43. The monoisotopic (exact) mass is 302 g/mol. The van der Waals surface area contributed by atoms with E-state index in [9.17, 15) is 19.5 Å². The molecule has 0 aliphatic rings. The van der Waals surface area contributed by atoms with Gasteiger partial charge in [0.25, 0.3) is 11.5 Å². The van der Waals surface area contributed by atoms with Gasteiger partial charge in [-0.15, -0.1) is 0 Å². The van der Waals surface area contributed by atoms with E-state index >= 15 is 0 Å². The van der Waals surface area contributed by atoms with Gasteiger partial charge in [0.05, 0.1) is 0 Å². The zero-order chi connectivity index (χ0) is 16.4. The molecule has 114 valence electrons. The topological polar surface area (TPSA) is 117 Å². The Balaban J connectivity index is 2.42. The average molecular weight is 302 g/mol. The van der Waals surface area contributed by atoms with Gasteiger partial charge in [0, 0.05) is 19.7 Å². The van der Waals surface area contributed by atoms with Crippen LogP contribution in [0.2, 0.25) is 0 Å². The minimum atomic E-state index is -0.862. The summed E-state index contributed by atoms with van der Waals surface area (Å²) >= 11 is 0. The Morgan fingerprint density at radius 1 is 1.14 bits per heavy atom. The third-order valence-electron chi connectivity index (χ3n) is 3.16. The van der Waals surface area contributed by atoms with Crippen LogP contribution in [0, 0.1) is 5.41 Å². The van der Waals surface area contributed by atoms with Crippen molar-refractivity contribution in [3.05, 3.63) is 62.3 Å². The van der Waals surface area contributed by atoms with Crippen molar-refractivity contribution in [1.29, 1.82) is 5.41 Å². The van der Waals surface area contributed by atoms with Gasteiger partial charge in [0.15, 0.2) is 0 Å². The van der Waals surface area contributed by atoms with Crippen molar-refractivity contribution in [2.45, 2.75) is 0 Å². The van der Waals surface area contributed by atoms with Crippen LogP contribution >= 0.6 is 0 Å². The number of aromatic hydroxyl groups is 1. The lowest BCUT2D eigenvalue weighted by molar-refractivity contribution is 0.0977. The first-order chi connectivity index (χ1) is 10.3. The molecule has 0 atom stereocenters. The Hall–Kier alpha value is -3.16. The third-order valence-corrected chi connectivity index (χ3v) is 3.16. The van der Waals surface area contributed by atoms with Gasteiger partial charge in [0.2, 0.25) is 5.88 Å². The highest BCUT2D eigenvalue weighted by atomic mass is 16.3. The maximum Gasteiger partial charge on any atom is 0.333 e. The third kappa shape index (κ3) is 2.53. The van der Waals surface area contributed by atoms with Gasteiger partial charge in [-0.1, -0.05) is 18.2 Å². The fraction of sp³-hybridized carbons (Fsp3) is 0.143. The van der Waals surface area contributed by atoms with Gasteiger partial charge in [-0.05, 0) is 12.1 Å². The van der Waals surface area contributed by atoms with Crippen LogP contribution in [0.1, 0.15) is 15.9 Å². The summed E-state index contributed by atoms with van der Waals surface area (Å²) in [6.45, 7) is 0. The first kappa shape index (κ1) is 15.2. The summed E-state index contributed by atoms with van der Waals surface area (Å²) in [5.41, 5.74) is -1.74. The molecule has 1 aromatic carbocycles. The quantitative estimate of drug-likeness (QED) is 0.514. The molecule has 0 aliphatic heterocycles. The van der Waals surface area contributed by atoms with Crippen LogP contribution in [0.5, 0.6) is 5.88 Å². The Morgan fingerprint density at radius 2 is 1.73 bits per heavy atom. The molecular weight excluding hydrogens is 288 g/mol. The molecule has 0 saturated carbocycles. The summed E-state index contributed by atoms with van der Waals surface area (Å²) in [6, 6.07) is 8.13. The number of carbonyl (C=O) groups excluding carboxylic acids is 1. The Kier molecular flexibility index (Phi) is 3.93. The van der Waals surface area contributed by atoms with Crippen LogP contribution in [0.4, 0.5) is 0 Å². The first-order valence-corrected chi connectivity index (χ1v) is 6.29. The van der Waals surface area contributed by atoms with E-state index in [1.807, 2.05) is 0 Å². The Bertz CT molecular complexity index is 865. The molecule has 22 heavy (non-hydrogen) atoms. The second kappa shape index (κ2) is 5.68. The number of nitrogens with one attached hydrogen (secondary N) is 2. The SMILES string of the molecule is Cn1c(O)c(C(=N)NC(=O)c2ccccc2)c(=O)n(C)c1=O. The van der Waals surface area contributed by atoms with Crippen molar-refractivity contribution in [2.24, 2.45) is 14.1 Å². The normalized spacial score (nSPS) is 10.3. The van der Waals surface area contributed by atoms with Gasteiger partial charge in [-0.3, -0.25) is 24.1 Å². The average Bonchev–Trinajstić information content (AvgIpc) is 2.52. The van der Waals surface area contributed by atoms with E-state index in [2.05, 4.69) is 5.32 Å². The molecule has 0 unspecified atom stereocenters. The van der Waals surface area contributed by atoms with E-state index in [1.54, 1.807) is 30.3 Å². The minimum Gasteiger partial charge on any atom is -0.494 e. The molecule has 0 radical (unpaired) electrons. The molecule has 0 saturated heterocycles. The molecule has 1 heterocycles. The van der Waals surface area contributed by atoms with Crippen LogP contribution in [-0.4, -0.2) is 26.0 Å². The highest BCUT2D eigenvalue weighted by molar-refractivity contribution is 6.12. The maximum atomic E-state index is 12.0. The largest absolute Gasteiger partial charge is 0.494 e. The van der Waals surface area contributed by atoms with E-state index in [0.29, 0.717) is 5.56 Å². The van der Waals surface area contributed by atoms with Crippen LogP contribution in [0.25, 0.3) is 0 Å². The van der Waals surface area contributed by atoms with Crippen molar-refractivity contribution < 1.29 is 9.90 Å². The van der Waals surface area contributed by atoms with Gasteiger partial charge >= 0.3 is 5.69 Å². The number of carbonyl (C=O) groups is 1. The fourth-order valence-corrected chi connectivity index (χ4v) is 1.89. The van der Waals surface area contributed by atoms with E-state index in [4.69, 9.17) is 5.41 Å². The molecule has 8 heteroatoms. The molecule has 2 rings (SSSR count). The summed E-state index contributed by atoms with van der Waals surface area (Å²) in [5, 5.41) is 20.0. The van der Waals surface area contributed by atoms with Crippen molar-refractivity contribution in [3.8, 4) is 5.88 Å². The lowest BCUT2D eigenvalue weighted by atomic mass is 10.2. The van der Waals surface area contributed by atoms with Gasteiger partial charge in [0.1, 0.15) is 11.4 Å². The lowest BCUT2D eigenvalue weighted by Gasteiger charge is -2.11. The first-order valence-electron chi connectivity index (χ1n) is 6.29. The van der Waals surface area contributed by atoms with Crippen LogP contribution < -0.4 is 16.6 Å². The van der Waals surface area contributed by atoms with Crippen LogP contribution in [0.3, 0.4) is 0 Å². The molecule has 0 bridgehead atoms. The predicted molar refractivity (Wildman–Crippen MR) is 79.3 cm³/mol. The molecule has 1 amide bonds. The van der Waals surface area contributed by atoms with E-state index in [-0.39, 0.29) is 0 Å². The standard InChI is InChI=1S/C14H14N4O4/c1-17-12(20)9(13(21)18(2)14(17)22)10(15)16-11(19)8-6-4-3-5-7-8/h3-7,20H,1-2H3,(H2,15,16,19). The smallest absolute Gasteiger partial charge is 0.333 e. The Labute approximate surface area is 124 Å². The van der Waals surface area contributed by atoms with Crippen molar-refractivity contribution in [2.75, 3.05) is 0 Å². The van der Waals surface area contributed by atoms with Gasteiger partial charge in [-0.25, -0.2) is 4.79 Å². The zero-order valence-corrected chi connectivity index (χ0v) is 12.0. The highest BCUT2D eigenvalue weighted by Crippen LogP contribution is 2.09. The number of benzene rings is 1. The summed E-state index contributed by atoms with van der Waals surface area (Å²) in [5.74, 6) is -1.85. The molecular formula is C14H14N4O4. The van der Waals surface area contributed by atoms with Crippen LogP contribution in [0.15, 0.2) is 39.9 Å². The van der Waals surface area contributed by atoms with E-state index in [1.165, 1.54) is 14.1 Å². The summed E-state index contributed by atoms with van der Waals surface area (Å²) in [7, 11) is 2.48. The van der Waals surface area contributed by atoms with Crippen molar-refractivity contribution >= 4 is 11.7 Å². The second-order valence-corrected chi connectivity index (χ2v) is 4.60. The molecule has 0 spiro atoms. The number of amidine groups is 1. The number of aromatic nitrogens is 2. The number of hydrogen-bond donors (Lipinski definition) is 3. The van der Waals surface area contributed by atoms with Gasteiger partial charge in [-0.2, -0.15) is 0 Å². The summed E-state index contributed by atoms with van der Waals surface area (Å²) < 4.78 is 1.57. The number of nitrogens with zero attached hydrogens (tertiary/aromatic N) is 2. The zero-order valence-electron chi connectivity index (χ0n) is 12.0. The molecule has 1 aromatic heterocycles. The van der Waals surface area contributed by atoms with Crippen LogP contribution in [-0.2, 0) is 14.1 Å². The number of hydrogen-bond acceptors (Lipinski definition) is 5. The van der Waals surface area contributed by atoms with Crippen molar-refractivity contribution in [3.63, 3.8) is 0 Å². The van der Waals surface area contributed by atoms with E-state index < -0.39 is 34.4 Å². The molecule has 0 aliphatic carbocycles.